The molecule has 12 N–H and O–H groups in total. The lowest BCUT2D eigenvalue weighted by Gasteiger charge is -2.50. The molecule has 0 aliphatic carbocycles. The summed E-state index contributed by atoms with van der Waals surface area (Å²) in [4.78, 5) is 24.8. The molecule has 20 heteroatoms. The smallest absolute Gasteiger partial charge is 0.364 e. The molecule has 1 amide bonds. The van der Waals surface area contributed by atoms with E-state index in [-0.39, 0.29) is 6.61 Å². The fourth-order valence-corrected chi connectivity index (χ4v) is 8.85. The normalized spacial score (nSPS) is 34.4. The maximum atomic E-state index is 12.9. The molecule has 20 nitrogen and oxygen atoms in total. The number of carboxylic acid groups (broad SMARTS) is 1. The molecule has 3 aliphatic heterocycles. The van der Waals surface area contributed by atoms with Gasteiger partial charge in [-0.05, 0) is 12.3 Å². The van der Waals surface area contributed by atoms with Crippen LogP contribution in [-0.2, 0) is 38.0 Å². The van der Waals surface area contributed by atoms with Gasteiger partial charge in [0.05, 0.1) is 38.6 Å². The van der Waals surface area contributed by atoms with E-state index in [4.69, 9.17) is 28.4 Å². The second-order valence-corrected chi connectivity index (χ2v) is 17.8. The predicted molar refractivity (Wildman–Crippen MR) is 227 cm³/mol. The van der Waals surface area contributed by atoms with E-state index in [1.807, 2.05) is 0 Å². The van der Waals surface area contributed by atoms with Crippen LogP contribution >= 0.6 is 0 Å². The van der Waals surface area contributed by atoms with Gasteiger partial charge in [0.25, 0.3) is 5.79 Å². The van der Waals surface area contributed by atoms with Crippen molar-refractivity contribution >= 4 is 11.9 Å². The molecule has 3 aliphatic rings. The fourth-order valence-electron chi connectivity index (χ4n) is 8.85. The van der Waals surface area contributed by atoms with Gasteiger partial charge in [-0.2, -0.15) is 0 Å². The van der Waals surface area contributed by atoms with Crippen LogP contribution in [0.3, 0.4) is 0 Å². The molecule has 376 valence electrons. The molecule has 3 rings (SSSR count). The Hall–Kier alpha value is -1.70. The third kappa shape index (κ3) is 16.5. The highest BCUT2D eigenvalue weighted by atomic mass is 16.8. The van der Waals surface area contributed by atoms with Gasteiger partial charge in [-0.25, -0.2) is 4.79 Å². The Bertz CT molecular complexity index is 1280. The molecule has 3 saturated heterocycles. The minimum atomic E-state index is -3.02. The molecule has 64 heavy (non-hydrogen) atoms. The molecule has 0 unspecified atom stereocenters. The molecule has 0 spiro atoms. The van der Waals surface area contributed by atoms with Crippen LogP contribution in [0.25, 0.3) is 0 Å². The lowest BCUT2D eigenvalue weighted by Crippen LogP contribution is -2.70. The quantitative estimate of drug-likeness (QED) is 0.0410. The summed E-state index contributed by atoms with van der Waals surface area (Å²) in [5, 5.41) is 120. The van der Waals surface area contributed by atoms with Crippen LogP contribution in [-0.4, -0.2) is 192 Å². The summed E-state index contributed by atoms with van der Waals surface area (Å²) < 4.78 is 34.7. The Kier molecular flexibility index (Phi) is 25.9. The summed E-state index contributed by atoms with van der Waals surface area (Å²) in [5.41, 5.74) is 0. The summed E-state index contributed by atoms with van der Waals surface area (Å²) in [6.45, 7) is 2.92. The molecule has 0 bridgehead atoms. The van der Waals surface area contributed by atoms with Crippen LogP contribution < -0.4 is 5.32 Å². The second-order valence-electron chi connectivity index (χ2n) is 17.8. The van der Waals surface area contributed by atoms with Gasteiger partial charge in [0.2, 0.25) is 5.91 Å². The zero-order valence-corrected chi connectivity index (χ0v) is 38.0. The van der Waals surface area contributed by atoms with Crippen molar-refractivity contribution < 1.29 is 94.2 Å². The number of carbonyl (C=O) groups excluding carboxylic acids is 1. The van der Waals surface area contributed by atoms with Crippen molar-refractivity contribution in [2.75, 3.05) is 26.4 Å². The average Bonchev–Trinajstić information content (AvgIpc) is 3.27. The number of ether oxygens (including phenoxy) is 6. The van der Waals surface area contributed by atoms with E-state index in [0.29, 0.717) is 12.3 Å². The van der Waals surface area contributed by atoms with Gasteiger partial charge in [-0.1, -0.05) is 117 Å². The first-order valence-electron chi connectivity index (χ1n) is 23.6. The van der Waals surface area contributed by atoms with Crippen LogP contribution in [0.2, 0.25) is 0 Å². The number of aliphatic carboxylic acids is 1. The van der Waals surface area contributed by atoms with Crippen molar-refractivity contribution in [3.05, 3.63) is 0 Å². The summed E-state index contributed by atoms with van der Waals surface area (Å²) in [7, 11) is 0. The first-order chi connectivity index (χ1) is 30.6. The van der Waals surface area contributed by atoms with Crippen LogP contribution in [0.5, 0.6) is 0 Å². The first kappa shape index (κ1) is 56.6. The van der Waals surface area contributed by atoms with E-state index < -0.39 is 136 Å². The lowest BCUT2D eigenvalue weighted by atomic mass is 9.88. The summed E-state index contributed by atoms with van der Waals surface area (Å²) in [5.74, 6) is -5.31. The van der Waals surface area contributed by atoms with E-state index in [9.17, 15) is 65.8 Å². The van der Waals surface area contributed by atoms with Crippen molar-refractivity contribution in [1.82, 2.24) is 5.32 Å². The van der Waals surface area contributed by atoms with Crippen LogP contribution in [0.4, 0.5) is 0 Å². The number of aliphatic hydroxyl groups is 10. The molecule has 16 atom stereocenters. The summed E-state index contributed by atoms with van der Waals surface area (Å²) in [6.07, 6.45) is -6.98. The number of nitrogens with one attached hydrogen (secondary N) is 1. The number of hydrogen-bond acceptors (Lipinski definition) is 18. The van der Waals surface area contributed by atoms with E-state index in [2.05, 4.69) is 19.2 Å². The number of amides is 1. The first-order valence-corrected chi connectivity index (χ1v) is 23.6. The number of aliphatic hydroxyl groups excluding tert-OH is 10. The van der Waals surface area contributed by atoms with Crippen LogP contribution in [0, 0.1) is 5.92 Å². The van der Waals surface area contributed by atoms with Crippen molar-refractivity contribution in [3.8, 4) is 0 Å². The van der Waals surface area contributed by atoms with Gasteiger partial charge in [-0.15, -0.1) is 0 Å². The summed E-state index contributed by atoms with van der Waals surface area (Å²) in [6, 6.07) is -1.54. The van der Waals surface area contributed by atoms with E-state index in [1.165, 1.54) is 64.2 Å². The maximum Gasteiger partial charge on any atom is 0.364 e. The molecule has 3 heterocycles. The Balaban J connectivity index is 1.71. The van der Waals surface area contributed by atoms with E-state index >= 15 is 0 Å². The molecule has 3 fully saturated rings. The Morgan fingerprint density at radius 1 is 0.703 bits per heavy atom. The maximum absolute atomic E-state index is 12.9. The van der Waals surface area contributed by atoms with Crippen molar-refractivity contribution in [3.63, 3.8) is 0 Å². The highest BCUT2D eigenvalue weighted by Gasteiger charge is 2.60. The molecule has 0 aromatic carbocycles. The zero-order chi connectivity index (χ0) is 47.4. The van der Waals surface area contributed by atoms with Gasteiger partial charge in [-0.3, -0.25) is 4.79 Å². The van der Waals surface area contributed by atoms with Crippen LogP contribution in [0.1, 0.15) is 136 Å². The monoisotopic (exact) mass is 928 g/mol. The Morgan fingerprint density at radius 3 is 1.77 bits per heavy atom. The van der Waals surface area contributed by atoms with E-state index in [0.717, 1.165) is 45.4 Å². The Labute approximate surface area is 377 Å². The third-order valence-electron chi connectivity index (χ3n) is 12.7. The topological polar surface area (TPSA) is 324 Å². The predicted octanol–water partition coefficient (Wildman–Crippen LogP) is 0.0886. The third-order valence-corrected chi connectivity index (χ3v) is 12.7. The van der Waals surface area contributed by atoms with Gasteiger partial charge in [0.1, 0.15) is 67.1 Å². The van der Waals surface area contributed by atoms with Gasteiger partial charge < -0.3 is 89.9 Å². The largest absolute Gasteiger partial charge is 0.477 e. The number of unbranched alkanes of at least 4 members (excludes halogenated alkanes) is 12. The molecular formula is C44H81NO19. The lowest BCUT2D eigenvalue weighted by molar-refractivity contribution is -0.386. The van der Waals surface area contributed by atoms with Crippen molar-refractivity contribution in [2.24, 2.45) is 5.92 Å². The molecular weight excluding hydrogens is 846 g/mol. The Morgan fingerprint density at radius 2 is 1.25 bits per heavy atom. The average molecular weight is 928 g/mol. The standard InChI is InChI=1S/C44H81NO19/c1-4-6-8-10-12-14-16-18-27(19-17-15-13-11-9-7-5-2)20-21-59-41-36(55)35(54)38(31(25-48)61-41)62-42-37(56)40(34(53)30(24-47)60-42)64-44(43(57)58)22-28(50)32(45-26(3)49)39(63-44)33(52)29(51)23-46/h27-42,46-48,50-56H,4-25H2,1-3H3,(H,45,49)(H,57,58)/t28-,29+,30+,31+,32+,33+,34-,35+,36+,37+,38+,39-,40-,41+,42+,44-/m0/s1. The minimum absolute atomic E-state index is 0.208. The number of hydrogen-bond donors (Lipinski definition) is 12. The van der Waals surface area contributed by atoms with E-state index in [1.54, 1.807) is 0 Å². The minimum Gasteiger partial charge on any atom is -0.477 e. The van der Waals surface area contributed by atoms with Gasteiger partial charge >= 0.3 is 5.97 Å². The fraction of sp³-hybridized carbons (Fsp3) is 0.955. The second kappa shape index (κ2) is 29.2. The molecule has 0 aromatic rings. The SMILES string of the molecule is CCCCCCCCCC(CCCCCCCCC)CCO[C@@H]1O[C@H](CO)[C@@H](O[C@H]2O[C@H](CO)[C@H](O)[C@H](O[C@]3(C(=O)O)C[C@H](O)[C@@H](NC(C)=O)[C@@H]([C@H](O)[C@H](O)CO)O3)[C@H]2O)[C@H](O)[C@H]1O. The molecule has 0 aromatic heterocycles. The van der Waals surface area contributed by atoms with Crippen molar-refractivity contribution in [1.29, 1.82) is 0 Å². The van der Waals surface area contributed by atoms with Gasteiger partial charge in [0, 0.05) is 13.3 Å². The highest BCUT2D eigenvalue weighted by Crippen LogP contribution is 2.38. The van der Waals surface area contributed by atoms with Gasteiger partial charge in [0.15, 0.2) is 12.6 Å². The molecule has 0 saturated carbocycles. The molecule has 0 radical (unpaired) electrons. The number of rotatable bonds is 31. The van der Waals surface area contributed by atoms with Crippen LogP contribution in [0.15, 0.2) is 0 Å². The summed E-state index contributed by atoms with van der Waals surface area (Å²) >= 11 is 0. The number of carbonyl (C=O) groups is 2. The number of carboxylic acids is 1. The highest BCUT2D eigenvalue weighted by molar-refractivity contribution is 5.76. The zero-order valence-electron chi connectivity index (χ0n) is 38.0. The van der Waals surface area contributed by atoms with Crippen molar-refractivity contribution in [2.45, 2.75) is 234 Å².